The Labute approximate surface area is 217 Å². The van der Waals surface area contributed by atoms with Crippen molar-refractivity contribution in [2.24, 2.45) is 11.7 Å². The van der Waals surface area contributed by atoms with Gasteiger partial charge in [-0.2, -0.15) is 0 Å². The lowest BCUT2D eigenvalue weighted by molar-refractivity contribution is -0.138. The third kappa shape index (κ3) is 9.74. The summed E-state index contributed by atoms with van der Waals surface area (Å²) in [5.41, 5.74) is 4.70. The zero-order chi connectivity index (χ0) is 27.4. The van der Waals surface area contributed by atoms with Gasteiger partial charge in [0.05, 0.1) is 6.54 Å². The van der Waals surface area contributed by atoms with Gasteiger partial charge in [0.15, 0.2) is 0 Å². The number of hydrogen-bond acceptors (Lipinski definition) is 6. The molecule has 1 aromatic carbocycles. The maximum Gasteiger partial charge on any atom is 0.408 e. The molecule has 2 atom stereocenters. The van der Waals surface area contributed by atoms with Crippen molar-refractivity contribution < 1.29 is 28.7 Å². The standard InChI is InChI=1S/C26H39N5O6/c1-17(2)14-20(23(34)28-15-21(27)32)30-24(35)26(12-8-5-9-13-26)31-22(33)18(3)29-25(36)37-16-19-10-6-4-7-11-19/h4,6-7,10-11,17-18,20H,5,8-9,12-16H2,1-3H3,(H2,27,32)(H,28,34)(H,29,36)(H,30,35)(H,31,33). The fourth-order valence-electron chi connectivity index (χ4n) is 4.21. The molecule has 1 aliphatic rings. The normalized spacial score (nSPS) is 16.1. The minimum atomic E-state index is -1.22. The molecule has 1 aromatic rings. The van der Waals surface area contributed by atoms with Crippen LogP contribution in [-0.2, 0) is 30.5 Å². The lowest BCUT2D eigenvalue weighted by Crippen LogP contribution is -2.64. The molecule has 37 heavy (non-hydrogen) atoms. The zero-order valence-corrected chi connectivity index (χ0v) is 21.8. The Morgan fingerprint density at radius 2 is 1.59 bits per heavy atom. The van der Waals surface area contributed by atoms with Gasteiger partial charge in [0.1, 0.15) is 24.2 Å². The number of rotatable bonds is 12. The van der Waals surface area contributed by atoms with E-state index >= 15 is 0 Å². The summed E-state index contributed by atoms with van der Waals surface area (Å²) in [5, 5.41) is 10.5. The molecule has 0 spiro atoms. The topological polar surface area (TPSA) is 169 Å². The smallest absolute Gasteiger partial charge is 0.408 e. The van der Waals surface area contributed by atoms with Crippen molar-refractivity contribution in [1.82, 2.24) is 21.3 Å². The van der Waals surface area contributed by atoms with Crippen LogP contribution in [0, 0.1) is 5.92 Å². The molecule has 11 nitrogen and oxygen atoms in total. The summed E-state index contributed by atoms with van der Waals surface area (Å²) < 4.78 is 5.18. The van der Waals surface area contributed by atoms with Crippen LogP contribution in [0.3, 0.4) is 0 Å². The van der Waals surface area contributed by atoms with Crippen molar-refractivity contribution in [3.8, 4) is 0 Å². The van der Waals surface area contributed by atoms with Crippen LogP contribution in [0.5, 0.6) is 0 Å². The van der Waals surface area contributed by atoms with E-state index in [-0.39, 0.29) is 19.1 Å². The number of carbonyl (C=O) groups excluding carboxylic acids is 5. The average Bonchev–Trinajstić information content (AvgIpc) is 2.86. The Balaban J connectivity index is 2.04. The molecule has 1 aliphatic carbocycles. The maximum atomic E-state index is 13.5. The van der Waals surface area contributed by atoms with E-state index in [9.17, 15) is 24.0 Å². The quantitative estimate of drug-likeness (QED) is 0.279. The van der Waals surface area contributed by atoms with E-state index in [1.54, 1.807) is 0 Å². The van der Waals surface area contributed by atoms with E-state index < -0.39 is 47.3 Å². The number of hydrogen-bond donors (Lipinski definition) is 5. The SMILES string of the molecule is CC(C)CC(NC(=O)C1(NC(=O)C(C)NC(=O)OCc2ccccc2)CCCCC1)C(=O)NCC(N)=O. The van der Waals surface area contributed by atoms with Gasteiger partial charge < -0.3 is 31.7 Å². The highest BCUT2D eigenvalue weighted by Crippen LogP contribution is 2.29. The molecule has 0 aliphatic heterocycles. The predicted octanol–water partition coefficient (Wildman–Crippen LogP) is 1.25. The Hall–Kier alpha value is -3.63. The van der Waals surface area contributed by atoms with Crippen LogP contribution in [0.1, 0.15) is 64.9 Å². The van der Waals surface area contributed by atoms with Crippen molar-refractivity contribution in [1.29, 1.82) is 0 Å². The van der Waals surface area contributed by atoms with Gasteiger partial charge in [-0.05, 0) is 37.7 Å². The lowest BCUT2D eigenvalue weighted by atomic mass is 9.80. The summed E-state index contributed by atoms with van der Waals surface area (Å²) in [6.07, 6.45) is 2.73. The minimum absolute atomic E-state index is 0.0579. The van der Waals surface area contributed by atoms with Gasteiger partial charge in [-0.15, -0.1) is 0 Å². The van der Waals surface area contributed by atoms with Gasteiger partial charge in [0.2, 0.25) is 23.6 Å². The molecule has 1 fully saturated rings. The fourth-order valence-corrected chi connectivity index (χ4v) is 4.21. The minimum Gasteiger partial charge on any atom is -0.445 e. The number of alkyl carbamates (subject to hydrolysis) is 1. The maximum absolute atomic E-state index is 13.5. The predicted molar refractivity (Wildman–Crippen MR) is 137 cm³/mol. The molecule has 0 heterocycles. The molecule has 11 heteroatoms. The molecule has 0 bridgehead atoms. The summed E-state index contributed by atoms with van der Waals surface area (Å²) >= 11 is 0. The largest absolute Gasteiger partial charge is 0.445 e. The molecule has 0 radical (unpaired) electrons. The first-order chi connectivity index (χ1) is 17.5. The third-order valence-electron chi connectivity index (χ3n) is 6.21. The number of primary amides is 1. The van der Waals surface area contributed by atoms with E-state index in [0.717, 1.165) is 24.8 Å². The zero-order valence-electron chi connectivity index (χ0n) is 21.8. The Morgan fingerprint density at radius 3 is 2.19 bits per heavy atom. The molecule has 1 saturated carbocycles. The van der Waals surface area contributed by atoms with E-state index in [1.165, 1.54) is 6.92 Å². The molecular formula is C26H39N5O6. The molecule has 5 amide bonds. The first-order valence-corrected chi connectivity index (χ1v) is 12.7. The van der Waals surface area contributed by atoms with E-state index in [4.69, 9.17) is 10.5 Å². The van der Waals surface area contributed by atoms with Crippen molar-refractivity contribution in [2.75, 3.05) is 6.54 Å². The lowest BCUT2D eigenvalue weighted by Gasteiger charge is -2.38. The molecule has 6 N–H and O–H groups in total. The van der Waals surface area contributed by atoms with Crippen LogP contribution in [0.15, 0.2) is 30.3 Å². The molecule has 0 aromatic heterocycles. The molecule has 2 rings (SSSR count). The summed E-state index contributed by atoms with van der Waals surface area (Å²) in [5.74, 6) is -2.14. The van der Waals surface area contributed by atoms with Crippen LogP contribution in [0.25, 0.3) is 0 Å². The number of carbonyl (C=O) groups is 5. The molecular weight excluding hydrogens is 478 g/mol. The van der Waals surface area contributed by atoms with Crippen LogP contribution in [0.4, 0.5) is 4.79 Å². The van der Waals surface area contributed by atoms with Gasteiger partial charge in [0.25, 0.3) is 0 Å². The first kappa shape index (κ1) is 29.6. The van der Waals surface area contributed by atoms with Gasteiger partial charge in [-0.3, -0.25) is 19.2 Å². The summed E-state index contributed by atoms with van der Waals surface area (Å²) in [7, 11) is 0. The van der Waals surface area contributed by atoms with E-state index in [1.807, 2.05) is 44.2 Å². The Kier molecular flexibility index (Phi) is 11.4. The van der Waals surface area contributed by atoms with Crippen molar-refractivity contribution in [3.05, 3.63) is 35.9 Å². The Morgan fingerprint density at radius 1 is 0.946 bits per heavy atom. The highest BCUT2D eigenvalue weighted by atomic mass is 16.5. The van der Waals surface area contributed by atoms with Gasteiger partial charge >= 0.3 is 6.09 Å². The van der Waals surface area contributed by atoms with Crippen molar-refractivity contribution in [2.45, 2.75) is 83.5 Å². The number of nitrogens with one attached hydrogen (secondary N) is 4. The fraction of sp³-hybridized carbons (Fsp3) is 0.577. The number of ether oxygens (including phenoxy) is 1. The Bertz CT molecular complexity index is 946. The third-order valence-corrected chi connectivity index (χ3v) is 6.21. The van der Waals surface area contributed by atoms with Gasteiger partial charge in [-0.1, -0.05) is 63.4 Å². The van der Waals surface area contributed by atoms with E-state index in [0.29, 0.717) is 19.3 Å². The molecule has 2 unspecified atom stereocenters. The summed E-state index contributed by atoms with van der Waals surface area (Å²) in [6, 6.07) is 7.28. The van der Waals surface area contributed by atoms with Crippen LogP contribution in [-0.4, -0.2) is 53.9 Å². The van der Waals surface area contributed by atoms with Gasteiger partial charge in [0, 0.05) is 0 Å². The average molecular weight is 518 g/mol. The number of amides is 5. The molecule has 204 valence electrons. The first-order valence-electron chi connectivity index (χ1n) is 12.7. The van der Waals surface area contributed by atoms with Crippen LogP contribution in [0.2, 0.25) is 0 Å². The summed E-state index contributed by atoms with van der Waals surface area (Å²) in [4.78, 5) is 62.4. The second-order valence-corrected chi connectivity index (χ2v) is 9.90. The van der Waals surface area contributed by atoms with E-state index in [2.05, 4.69) is 21.3 Å². The number of benzene rings is 1. The van der Waals surface area contributed by atoms with Gasteiger partial charge in [-0.25, -0.2) is 4.79 Å². The van der Waals surface area contributed by atoms with Crippen molar-refractivity contribution in [3.63, 3.8) is 0 Å². The highest BCUT2D eigenvalue weighted by Gasteiger charge is 2.43. The highest BCUT2D eigenvalue weighted by molar-refractivity contribution is 5.97. The second kappa shape index (κ2) is 14.2. The monoisotopic (exact) mass is 517 g/mol. The summed E-state index contributed by atoms with van der Waals surface area (Å²) in [6.45, 7) is 5.04. The second-order valence-electron chi connectivity index (χ2n) is 9.90. The van der Waals surface area contributed by atoms with Crippen LogP contribution >= 0.6 is 0 Å². The van der Waals surface area contributed by atoms with Crippen molar-refractivity contribution >= 4 is 29.7 Å². The van der Waals surface area contributed by atoms with Crippen LogP contribution < -0.4 is 27.0 Å². The number of nitrogens with two attached hydrogens (primary N) is 1. The molecule has 0 saturated heterocycles.